The van der Waals surface area contributed by atoms with E-state index in [-0.39, 0.29) is 0 Å². The molecule has 1 N–H and O–H groups in total. The highest BCUT2D eigenvalue weighted by atomic mass is 16.3. The van der Waals surface area contributed by atoms with Gasteiger partial charge in [-0.3, -0.25) is 5.10 Å². The lowest BCUT2D eigenvalue weighted by Crippen LogP contribution is -1.76. The lowest BCUT2D eigenvalue weighted by Gasteiger charge is -1.88. The molecule has 2 aromatic heterocycles. The van der Waals surface area contributed by atoms with Crippen molar-refractivity contribution in [2.24, 2.45) is 0 Å². The summed E-state index contributed by atoms with van der Waals surface area (Å²) >= 11 is 0. The van der Waals surface area contributed by atoms with Crippen LogP contribution in [0.3, 0.4) is 0 Å². The van der Waals surface area contributed by atoms with Crippen LogP contribution in [0.5, 0.6) is 0 Å². The fourth-order valence-corrected chi connectivity index (χ4v) is 0.998. The van der Waals surface area contributed by atoms with Crippen molar-refractivity contribution in [1.29, 1.82) is 5.26 Å². The summed E-state index contributed by atoms with van der Waals surface area (Å²) in [4.78, 5) is 0. The molecular formula is C8H5N3O. The minimum atomic E-state index is 0.524. The molecule has 2 rings (SSSR count). The molecule has 0 amide bonds. The number of hydrogen-bond donors (Lipinski definition) is 1. The predicted octanol–water partition coefficient (Wildman–Crippen LogP) is 1.54. The third kappa shape index (κ3) is 0.883. The van der Waals surface area contributed by atoms with Crippen LogP contribution in [0.1, 0.15) is 5.56 Å². The Morgan fingerprint density at radius 1 is 1.58 bits per heavy atom. The number of H-pyrrole nitrogens is 1. The summed E-state index contributed by atoms with van der Waals surface area (Å²) in [6.45, 7) is 0. The molecule has 4 nitrogen and oxygen atoms in total. The highest BCUT2D eigenvalue weighted by molar-refractivity contribution is 5.64. The van der Waals surface area contributed by atoms with Gasteiger partial charge in [0.15, 0.2) is 0 Å². The second kappa shape index (κ2) is 2.55. The van der Waals surface area contributed by atoms with Gasteiger partial charge in [0.25, 0.3) is 0 Å². The van der Waals surface area contributed by atoms with Crippen molar-refractivity contribution in [3.63, 3.8) is 0 Å². The van der Waals surface area contributed by atoms with E-state index in [4.69, 9.17) is 9.68 Å². The Balaban J connectivity index is 2.55. The summed E-state index contributed by atoms with van der Waals surface area (Å²) in [6, 6.07) is 3.80. The Labute approximate surface area is 68.4 Å². The molecule has 12 heavy (non-hydrogen) atoms. The number of hydrogen-bond acceptors (Lipinski definition) is 3. The minimum Gasteiger partial charge on any atom is -0.472 e. The van der Waals surface area contributed by atoms with Crippen LogP contribution in [-0.4, -0.2) is 10.2 Å². The highest BCUT2D eigenvalue weighted by Crippen LogP contribution is 2.19. The molecule has 0 fully saturated rings. The number of rotatable bonds is 1. The largest absolute Gasteiger partial charge is 0.472 e. The van der Waals surface area contributed by atoms with Crippen LogP contribution in [0.2, 0.25) is 0 Å². The van der Waals surface area contributed by atoms with Crippen LogP contribution in [0.4, 0.5) is 0 Å². The monoisotopic (exact) mass is 159 g/mol. The van der Waals surface area contributed by atoms with E-state index in [1.54, 1.807) is 18.6 Å². The first kappa shape index (κ1) is 6.68. The van der Waals surface area contributed by atoms with Gasteiger partial charge in [-0.15, -0.1) is 0 Å². The van der Waals surface area contributed by atoms with Gasteiger partial charge in [-0.1, -0.05) is 0 Å². The van der Waals surface area contributed by atoms with E-state index < -0.39 is 0 Å². The van der Waals surface area contributed by atoms with Gasteiger partial charge in [0, 0.05) is 5.56 Å². The average Bonchev–Trinajstić information content (AvgIpc) is 2.74. The number of aromatic amines is 1. The summed E-state index contributed by atoms with van der Waals surface area (Å²) < 4.78 is 4.88. The zero-order valence-electron chi connectivity index (χ0n) is 6.11. The van der Waals surface area contributed by atoms with Crippen molar-refractivity contribution in [1.82, 2.24) is 10.2 Å². The normalized spacial score (nSPS) is 9.58. The van der Waals surface area contributed by atoms with Crippen molar-refractivity contribution in [3.05, 3.63) is 30.4 Å². The van der Waals surface area contributed by atoms with Gasteiger partial charge in [0.2, 0.25) is 0 Å². The SMILES string of the molecule is N#Cc1cn[nH]c1-c1ccoc1. The Bertz CT molecular complexity index is 408. The maximum absolute atomic E-state index is 8.67. The Kier molecular flexibility index (Phi) is 1.42. The van der Waals surface area contributed by atoms with Crippen LogP contribution < -0.4 is 0 Å². The van der Waals surface area contributed by atoms with Gasteiger partial charge in [-0.25, -0.2) is 0 Å². The topological polar surface area (TPSA) is 65.6 Å². The van der Waals surface area contributed by atoms with Crippen molar-refractivity contribution in [3.8, 4) is 17.3 Å². The molecule has 2 aromatic rings. The first-order chi connectivity index (χ1) is 5.92. The van der Waals surface area contributed by atoms with Gasteiger partial charge >= 0.3 is 0 Å². The quantitative estimate of drug-likeness (QED) is 0.686. The molecule has 0 radical (unpaired) electrons. The summed E-state index contributed by atoms with van der Waals surface area (Å²) in [5.41, 5.74) is 2.06. The highest BCUT2D eigenvalue weighted by Gasteiger charge is 2.06. The number of furan rings is 1. The molecule has 0 atom stereocenters. The summed E-state index contributed by atoms with van der Waals surface area (Å²) in [5, 5.41) is 15.2. The van der Waals surface area contributed by atoms with Crippen LogP contribution in [0.25, 0.3) is 11.3 Å². The van der Waals surface area contributed by atoms with Crippen molar-refractivity contribution in [2.75, 3.05) is 0 Å². The number of nitrogens with zero attached hydrogens (tertiary/aromatic N) is 2. The Hall–Kier alpha value is -2.02. The predicted molar refractivity (Wildman–Crippen MR) is 41.0 cm³/mol. The molecule has 58 valence electrons. The van der Waals surface area contributed by atoms with Crippen LogP contribution >= 0.6 is 0 Å². The molecule has 0 aromatic carbocycles. The third-order valence-electron chi connectivity index (χ3n) is 1.57. The van der Waals surface area contributed by atoms with E-state index in [1.807, 2.05) is 6.07 Å². The fraction of sp³-hybridized carbons (Fsp3) is 0. The van der Waals surface area contributed by atoms with Crippen molar-refractivity contribution in [2.45, 2.75) is 0 Å². The van der Waals surface area contributed by atoms with E-state index in [0.717, 1.165) is 5.56 Å². The number of nitrogens with one attached hydrogen (secondary N) is 1. The van der Waals surface area contributed by atoms with E-state index in [2.05, 4.69) is 10.2 Å². The molecule has 0 aliphatic rings. The lowest BCUT2D eigenvalue weighted by atomic mass is 10.2. The minimum absolute atomic E-state index is 0.524. The molecule has 0 unspecified atom stereocenters. The zero-order valence-corrected chi connectivity index (χ0v) is 6.11. The van der Waals surface area contributed by atoms with Gasteiger partial charge in [-0.2, -0.15) is 10.4 Å². The first-order valence-corrected chi connectivity index (χ1v) is 3.38. The second-order valence-corrected chi connectivity index (χ2v) is 2.28. The molecular weight excluding hydrogens is 154 g/mol. The first-order valence-electron chi connectivity index (χ1n) is 3.38. The molecule has 0 spiro atoms. The molecule has 0 aliphatic carbocycles. The fourth-order valence-electron chi connectivity index (χ4n) is 0.998. The van der Waals surface area contributed by atoms with Gasteiger partial charge in [0.1, 0.15) is 6.07 Å². The molecule has 2 heterocycles. The molecule has 0 saturated carbocycles. The lowest BCUT2D eigenvalue weighted by molar-refractivity contribution is 0.568. The van der Waals surface area contributed by atoms with Crippen molar-refractivity contribution < 1.29 is 4.42 Å². The van der Waals surface area contributed by atoms with E-state index >= 15 is 0 Å². The maximum atomic E-state index is 8.67. The van der Waals surface area contributed by atoms with Gasteiger partial charge < -0.3 is 4.42 Å². The Morgan fingerprint density at radius 3 is 3.17 bits per heavy atom. The van der Waals surface area contributed by atoms with Crippen LogP contribution in [-0.2, 0) is 0 Å². The van der Waals surface area contributed by atoms with E-state index in [9.17, 15) is 0 Å². The second-order valence-electron chi connectivity index (χ2n) is 2.28. The van der Waals surface area contributed by atoms with Crippen LogP contribution in [0, 0.1) is 11.3 Å². The van der Waals surface area contributed by atoms with E-state index in [1.165, 1.54) is 6.20 Å². The summed E-state index contributed by atoms with van der Waals surface area (Å²) in [5.74, 6) is 0. The molecule has 0 aliphatic heterocycles. The van der Waals surface area contributed by atoms with Crippen molar-refractivity contribution >= 4 is 0 Å². The molecule has 4 heteroatoms. The maximum Gasteiger partial charge on any atom is 0.103 e. The standard InChI is InChI=1S/C8H5N3O/c9-3-7-4-10-11-8(7)6-1-2-12-5-6/h1-2,4-5H,(H,10,11). The Morgan fingerprint density at radius 2 is 2.50 bits per heavy atom. The third-order valence-corrected chi connectivity index (χ3v) is 1.57. The smallest absolute Gasteiger partial charge is 0.103 e. The van der Waals surface area contributed by atoms with Gasteiger partial charge in [0.05, 0.1) is 30.0 Å². The summed E-state index contributed by atoms with van der Waals surface area (Å²) in [6.07, 6.45) is 4.61. The summed E-state index contributed by atoms with van der Waals surface area (Å²) in [7, 11) is 0. The number of aromatic nitrogens is 2. The number of nitriles is 1. The average molecular weight is 159 g/mol. The molecule has 0 bridgehead atoms. The van der Waals surface area contributed by atoms with Crippen LogP contribution in [0.15, 0.2) is 29.2 Å². The zero-order chi connectivity index (χ0) is 8.39. The van der Waals surface area contributed by atoms with E-state index in [0.29, 0.717) is 11.3 Å². The molecule has 0 saturated heterocycles. The van der Waals surface area contributed by atoms with Gasteiger partial charge in [-0.05, 0) is 6.07 Å².